The first-order chi connectivity index (χ1) is 14.0. The standard InChI is InChI=1S/C24H51NO4S2/c1-12-14-18-30(8,9)24(5,6)29-31(10,11)23(3,4)16-15-17-28-20-21(26)19-25(7)22(27)13-2/h13,21,26H,2,12,14-20H2,1,3-11H3. The summed E-state index contributed by atoms with van der Waals surface area (Å²) in [5.41, 5.74) is 0. The van der Waals surface area contributed by atoms with E-state index in [1.54, 1.807) is 7.05 Å². The van der Waals surface area contributed by atoms with E-state index in [0.717, 1.165) is 12.8 Å². The third-order valence-corrected chi connectivity index (χ3v) is 14.4. The summed E-state index contributed by atoms with van der Waals surface area (Å²) in [4.78, 5) is 12.8. The Labute approximate surface area is 196 Å². The molecule has 0 fully saturated rings. The Hall–Kier alpha value is -0.210. The van der Waals surface area contributed by atoms with Crippen molar-refractivity contribution in [3.63, 3.8) is 0 Å². The van der Waals surface area contributed by atoms with Crippen LogP contribution in [0, 0.1) is 0 Å². The highest BCUT2D eigenvalue weighted by molar-refractivity contribution is 8.34. The van der Waals surface area contributed by atoms with Gasteiger partial charge in [-0.05, 0) is 70.0 Å². The Balaban J connectivity index is 4.63. The summed E-state index contributed by atoms with van der Waals surface area (Å²) in [7, 11) is -0.509. The quantitative estimate of drug-likeness (QED) is 0.244. The van der Waals surface area contributed by atoms with Crippen molar-refractivity contribution in [2.24, 2.45) is 0 Å². The maximum Gasteiger partial charge on any atom is 0.245 e. The second-order valence-corrected chi connectivity index (χ2v) is 18.5. The number of ether oxygens (including phenoxy) is 1. The van der Waals surface area contributed by atoms with Gasteiger partial charge in [-0.3, -0.25) is 4.79 Å². The number of unbranched alkanes of at least 4 members (excludes halogenated alkanes) is 1. The van der Waals surface area contributed by atoms with Gasteiger partial charge in [-0.1, -0.05) is 33.8 Å². The van der Waals surface area contributed by atoms with Gasteiger partial charge in [0, 0.05) is 24.9 Å². The van der Waals surface area contributed by atoms with Crippen LogP contribution in [-0.2, 0) is 13.7 Å². The maximum absolute atomic E-state index is 11.5. The summed E-state index contributed by atoms with van der Waals surface area (Å²) in [6.07, 6.45) is 14.3. The molecule has 7 heteroatoms. The van der Waals surface area contributed by atoms with E-state index in [0.29, 0.717) is 6.61 Å². The lowest BCUT2D eigenvalue weighted by molar-refractivity contribution is -0.126. The molecule has 0 aromatic carbocycles. The first kappa shape index (κ1) is 30.8. The number of aliphatic hydroxyl groups excluding tert-OH is 1. The fraction of sp³-hybridized carbons (Fsp3) is 0.875. The number of amides is 1. The van der Waals surface area contributed by atoms with Gasteiger partial charge >= 0.3 is 0 Å². The van der Waals surface area contributed by atoms with Crippen molar-refractivity contribution < 1.29 is 18.8 Å². The molecule has 188 valence electrons. The molecule has 0 aliphatic heterocycles. The summed E-state index contributed by atoms with van der Waals surface area (Å²) >= 11 is 0. The lowest BCUT2D eigenvalue weighted by atomic mass is 10.1. The van der Waals surface area contributed by atoms with Gasteiger partial charge in [-0.25, -0.2) is 10.0 Å². The summed E-state index contributed by atoms with van der Waals surface area (Å²) in [6, 6.07) is 0. The van der Waals surface area contributed by atoms with Crippen molar-refractivity contribution in [3.05, 3.63) is 12.7 Å². The normalized spacial score (nSPS) is 15.5. The third kappa shape index (κ3) is 10.1. The van der Waals surface area contributed by atoms with Gasteiger partial charge in [0.1, 0.15) is 4.93 Å². The SMILES string of the molecule is C=CC(=O)N(C)CC(O)COCCCC(C)(C)S(C)(C)OC(C)(C)S(C)(C)CCCC. The zero-order valence-corrected chi connectivity index (χ0v) is 23.6. The van der Waals surface area contributed by atoms with E-state index in [9.17, 15) is 9.90 Å². The number of carbonyl (C=O) groups is 1. The Morgan fingerprint density at radius 1 is 1.16 bits per heavy atom. The summed E-state index contributed by atoms with van der Waals surface area (Å²) < 4.78 is 12.7. The molecule has 31 heavy (non-hydrogen) atoms. The first-order valence-corrected chi connectivity index (χ1v) is 16.3. The Morgan fingerprint density at radius 3 is 2.26 bits per heavy atom. The molecule has 1 atom stereocenters. The molecule has 0 radical (unpaired) electrons. The highest BCUT2D eigenvalue weighted by Crippen LogP contribution is 2.65. The van der Waals surface area contributed by atoms with E-state index >= 15 is 0 Å². The topological polar surface area (TPSA) is 59.0 Å². The summed E-state index contributed by atoms with van der Waals surface area (Å²) in [5, 5.41) is 10.1. The van der Waals surface area contributed by atoms with E-state index in [2.05, 4.69) is 66.2 Å². The first-order valence-electron chi connectivity index (χ1n) is 11.3. The molecule has 0 bridgehead atoms. The minimum absolute atomic E-state index is 0.0587. The van der Waals surface area contributed by atoms with Crippen LogP contribution in [-0.4, -0.2) is 89.3 Å². The molecule has 1 unspecified atom stereocenters. The average molecular weight is 482 g/mol. The smallest absolute Gasteiger partial charge is 0.245 e. The van der Waals surface area contributed by atoms with Gasteiger partial charge in [0.15, 0.2) is 0 Å². The van der Waals surface area contributed by atoms with Crippen LogP contribution in [0.25, 0.3) is 0 Å². The number of aliphatic hydroxyl groups is 1. The molecule has 0 rings (SSSR count). The lowest BCUT2D eigenvalue weighted by Gasteiger charge is -2.56. The number of hydrogen-bond acceptors (Lipinski definition) is 4. The largest absolute Gasteiger partial charge is 0.389 e. The molecular weight excluding hydrogens is 430 g/mol. The van der Waals surface area contributed by atoms with Gasteiger partial charge in [0.25, 0.3) is 0 Å². The van der Waals surface area contributed by atoms with Crippen LogP contribution in [0.2, 0.25) is 0 Å². The van der Waals surface area contributed by atoms with E-state index < -0.39 is 26.4 Å². The van der Waals surface area contributed by atoms with Crippen molar-refractivity contribution in [1.82, 2.24) is 4.90 Å². The summed E-state index contributed by atoms with van der Waals surface area (Å²) in [6.45, 7) is 15.9. The average Bonchev–Trinajstić information content (AvgIpc) is 2.64. The van der Waals surface area contributed by atoms with Crippen LogP contribution in [0.15, 0.2) is 12.7 Å². The molecular formula is C24H51NO4S2. The molecule has 0 spiro atoms. The van der Waals surface area contributed by atoms with Gasteiger partial charge < -0.3 is 18.9 Å². The number of likely N-dealkylation sites (N-methyl/N-ethyl adjacent to an activating group) is 1. The molecule has 1 amide bonds. The highest BCUT2D eigenvalue weighted by atomic mass is 32.3. The van der Waals surface area contributed by atoms with Gasteiger partial charge in [0.05, 0.1) is 12.7 Å². The fourth-order valence-electron chi connectivity index (χ4n) is 3.14. The molecule has 0 aliphatic rings. The van der Waals surface area contributed by atoms with E-state index in [1.165, 1.54) is 29.6 Å². The molecule has 0 saturated heterocycles. The predicted molar refractivity (Wildman–Crippen MR) is 142 cm³/mol. The predicted octanol–water partition coefficient (Wildman–Crippen LogP) is 5.16. The van der Waals surface area contributed by atoms with E-state index in [1.807, 2.05) is 0 Å². The minimum Gasteiger partial charge on any atom is -0.389 e. The van der Waals surface area contributed by atoms with Crippen molar-refractivity contribution >= 4 is 26.2 Å². The molecule has 0 aliphatic carbocycles. The lowest BCUT2D eigenvalue weighted by Crippen LogP contribution is -2.39. The van der Waals surface area contributed by atoms with Crippen LogP contribution in [0.1, 0.15) is 60.3 Å². The molecule has 5 nitrogen and oxygen atoms in total. The number of nitrogens with zero attached hydrogens (tertiary/aromatic N) is 1. The number of hydrogen-bond donors (Lipinski definition) is 1. The molecule has 0 heterocycles. The zero-order chi connectivity index (χ0) is 24.5. The Kier molecular flexibility index (Phi) is 12.8. The van der Waals surface area contributed by atoms with Crippen molar-refractivity contribution in [2.45, 2.75) is 76.1 Å². The van der Waals surface area contributed by atoms with Gasteiger partial charge in [-0.2, -0.15) is 0 Å². The van der Waals surface area contributed by atoms with Crippen molar-refractivity contribution in [2.75, 3.05) is 57.6 Å². The minimum atomic E-state index is -1.30. The van der Waals surface area contributed by atoms with Crippen LogP contribution >= 0.6 is 20.3 Å². The van der Waals surface area contributed by atoms with Crippen molar-refractivity contribution in [1.29, 1.82) is 0 Å². The van der Waals surface area contributed by atoms with Gasteiger partial charge in [-0.15, -0.1) is 10.3 Å². The van der Waals surface area contributed by atoms with Crippen LogP contribution in [0.5, 0.6) is 0 Å². The van der Waals surface area contributed by atoms with Crippen LogP contribution in [0.3, 0.4) is 0 Å². The Bertz CT molecular complexity index is 562. The molecule has 1 N–H and O–H groups in total. The number of carbonyl (C=O) groups excluding carboxylic acids is 1. The second-order valence-electron chi connectivity index (χ2n) is 10.3. The van der Waals surface area contributed by atoms with E-state index in [4.69, 9.17) is 8.92 Å². The second kappa shape index (κ2) is 12.9. The van der Waals surface area contributed by atoms with E-state index in [-0.39, 0.29) is 28.7 Å². The zero-order valence-electron chi connectivity index (χ0n) is 22.0. The van der Waals surface area contributed by atoms with Crippen LogP contribution < -0.4 is 0 Å². The monoisotopic (exact) mass is 481 g/mol. The van der Waals surface area contributed by atoms with Crippen LogP contribution in [0.4, 0.5) is 0 Å². The van der Waals surface area contributed by atoms with Crippen molar-refractivity contribution in [3.8, 4) is 0 Å². The van der Waals surface area contributed by atoms with Gasteiger partial charge in [0.2, 0.25) is 5.91 Å². The molecule has 0 aromatic rings. The fourth-order valence-corrected chi connectivity index (χ4v) is 7.75. The Morgan fingerprint density at radius 2 is 1.74 bits per heavy atom. The molecule has 0 aromatic heterocycles. The third-order valence-electron chi connectivity index (χ3n) is 6.49. The molecule has 0 saturated carbocycles. The summed E-state index contributed by atoms with van der Waals surface area (Å²) in [5.74, 6) is 1.05. The maximum atomic E-state index is 11.5. The number of rotatable bonds is 16. The highest BCUT2D eigenvalue weighted by Gasteiger charge is 2.42.